The van der Waals surface area contributed by atoms with Crippen LogP contribution in [0.25, 0.3) is 26.1 Å². The lowest BCUT2D eigenvalue weighted by Crippen LogP contribution is -2.15. The summed E-state index contributed by atoms with van der Waals surface area (Å²) in [4.78, 5) is 24.0. The third-order valence-electron chi connectivity index (χ3n) is 5.42. The Morgan fingerprint density at radius 2 is 1.97 bits per heavy atom. The summed E-state index contributed by atoms with van der Waals surface area (Å²) in [5.74, 6) is -2.57. The predicted octanol–water partition coefficient (Wildman–Crippen LogP) is 5.04. The van der Waals surface area contributed by atoms with E-state index in [2.05, 4.69) is 14.8 Å². The summed E-state index contributed by atoms with van der Waals surface area (Å²) in [5.41, 5.74) is 0.992. The summed E-state index contributed by atoms with van der Waals surface area (Å²) >= 11 is 1.31. The number of thiophene rings is 1. The average Bonchev–Trinajstić information content (AvgIpc) is 3.41. The van der Waals surface area contributed by atoms with Crippen LogP contribution in [0.5, 0.6) is 11.6 Å². The second-order valence-electron chi connectivity index (χ2n) is 7.38. The SMILES string of the molecule is [C-]#[N+]C1(c2cnc(Oc3c(F)cncc3F)c(-c3cn(C)c(=O)c4sccc34)c2)CC1. The molecule has 31 heavy (non-hydrogen) atoms. The molecule has 4 aromatic heterocycles. The molecular weight excluding hydrogens is 422 g/mol. The maximum absolute atomic E-state index is 14.2. The van der Waals surface area contributed by atoms with Crippen molar-refractivity contribution in [3.8, 4) is 22.8 Å². The number of nitrogens with zero attached hydrogens (tertiary/aromatic N) is 4. The normalized spacial score (nSPS) is 14.4. The Morgan fingerprint density at radius 1 is 1.23 bits per heavy atom. The zero-order valence-electron chi connectivity index (χ0n) is 16.2. The Kier molecular flexibility index (Phi) is 4.34. The summed E-state index contributed by atoms with van der Waals surface area (Å²) in [6.07, 6.45) is 6.29. The fraction of sp³-hybridized carbons (Fsp3) is 0.182. The second kappa shape index (κ2) is 6.96. The Morgan fingerprint density at radius 3 is 2.65 bits per heavy atom. The van der Waals surface area contributed by atoms with E-state index in [1.807, 2.05) is 6.07 Å². The van der Waals surface area contributed by atoms with Crippen molar-refractivity contribution in [3.05, 3.63) is 81.3 Å². The lowest BCUT2D eigenvalue weighted by Gasteiger charge is -2.15. The van der Waals surface area contributed by atoms with Gasteiger partial charge in [-0.1, -0.05) is 0 Å². The highest BCUT2D eigenvalue weighted by Crippen LogP contribution is 2.51. The molecule has 154 valence electrons. The molecule has 0 spiro atoms. The van der Waals surface area contributed by atoms with E-state index in [0.717, 1.165) is 12.4 Å². The van der Waals surface area contributed by atoms with Gasteiger partial charge in [-0.05, 0) is 17.5 Å². The molecule has 0 saturated heterocycles. The monoisotopic (exact) mass is 436 g/mol. The van der Waals surface area contributed by atoms with Crippen LogP contribution in [0.1, 0.15) is 18.4 Å². The van der Waals surface area contributed by atoms with E-state index in [1.165, 1.54) is 22.1 Å². The van der Waals surface area contributed by atoms with Crippen molar-refractivity contribution >= 4 is 21.4 Å². The van der Waals surface area contributed by atoms with E-state index >= 15 is 0 Å². The Balaban J connectivity index is 1.76. The lowest BCUT2D eigenvalue weighted by atomic mass is 10.00. The molecule has 0 bridgehead atoms. The third-order valence-corrected chi connectivity index (χ3v) is 6.32. The average molecular weight is 436 g/mol. The smallest absolute Gasteiger partial charge is 0.268 e. The first-order valence-electron chi connectivity index (χ1n) is 9.37. The van der Waals surface area contributed by atoms with E-state index in [9.17, 15) is 13.6 Å². The summed E-state index contributed by atoms with van der Waals surface area (Å²) in [6.45, 7) is 7.55. The number of pyridine rings is 3. The zero-order chi connectivity index (χ0) is 21.8. The van der Waals surface area contributed by atoms with Gasteiger partial charge in [0.25, 0.3) is 11.1 Å². The van der Waals surface area contributed by atoms with Crippen molar-refractivity contribution in [3.63, 3.8) is 0 Å². The van der Waals surface area contributed by atoms with Gasteiger partial charge in [0.05, 0.1) is 18.0 Å². The van der Waals surface area contributed by atoms with Crippen molar-refractivity contribution < 1.29 is 13.5 Å². The van der Waals surface area contributed by atoms with E-state index in [0.29, 0.717) is 39.6 Å². The van der Waals surface area contributed by atoms with Crippen LogP contribution in [-0.4, -0.2) is 14.5 Å². The minimum absolute atomic E-state index is 0.0281. The quantitative estimate of drug-likeness (QED) is 0.421. The molecule has 0 aromatic carbocycles. The summed E-state index contributed by atoms with van der Waals surface area (Å²) in [5, 5.41) is 2.48. The molecule has 0 unspecified atom stereocenters. The number of hydrogen-bond donors (Lipinski definition) is 0. The number of ether oxygens (including phenoxy) is 1. The van der Waals surface area contributed by atoms with Crippen molar-refractivity contribution in [1.82, 2.24) is 14.5 Å². The van der Waals surface area contributed by atoms with E-state index in [4.69, 9.17) is 11.3 Å². The van der Waals surface area contributed by atoms with Gasteiger partial charge < -0.3 is 14.1 Å². The van der Waals surface area contributed by atoms with Gasteiger partial charge in [0.15, 0.2) is 11.6 Å². The number of fused-ring (bicyclic) bond motifs is 1. The Hall–Kier alpha value is -3.64. The molecule has 4 aromatic rings. The van der Waals surface area contributed by atoms with Crippen molar-refractivity contribution in [2.24, 2.45) is 7.05 Å². The van der Waals surface area contributed by atoms with Gasteiger partial charge in [-0.2, -0.15) is 0 Å². The highest BCUT2D eigenvalue weighted by Gasteiger charge is 2.53. The largest absolute Gasteiger partial charge is 0.432 e. The molecule has 0 radical (unpaired) electrons. The molecule has 4 heterocycles. The highest BCUT2D eigenvalue weighted by atomic mass is 32.1. The van der Waals surface area contributed by atoms with E-state index in [-0.39, 0.29) is 11.4 Å². The lowest BCUT2D eigenvalue weighted by molar-refractivity contribution is 0.393. The molecule has 0 N–H and O–H groups in total. The molecule has 1 saturated carbocycles. The van der Waals surface area contributed by atoms with Crippen LogP contribution in [0.15, 0.2) is 47.1 Å². The third kappa shape index (κ3) is 3.07. The van der Waals surface area contributed by atoms with Gasteiger partial charge in [0.1, 0.15) is 4.70 Å². The van der Waals surface area contributed by atoms with Crippen LogP contribution >= 0.6 is 11.3 Å². The molecular formula is C22H14F2N4O2S. The van der Waals surface area contributed by atoms with E-state index < -0.39 is 22.9 Å². The van der Waals surface area contributed by atoms with E-state index in [1.54, 1.807) is 24.7 Å². The molecule has 1 aliphatic carbocycles. The molecule has 0 amide bonds. The summed E-state index contributed by atoms with van der Waals surface area (Å²) in [7, 11) is 1.63. The summed E-state index contributed by atoms with van der Waals surface area (Å²) < 4.78 is 35.9. The Bertz CT molecular complexity index is 1430. The van der Waals surface area contributed by atoms with Crippen LogP contribution in [0, 0.1) is 18.2 Å². The molecule has 1 aliphatic rings. The van der Waals surface area contributed by atoms with Crippen LogP contribution in [0.4, 0.5) is 8.78 Å². The van der Waals surface area contributed by atoms with Gasteiger partial charge in [0, 0.05) is 48.8 Å². The van der Waals surface area contributed by atoms with Crippen molar-refractivity contribution in [2.75, 3.05) is 0 Å². The first-order chi connectivity index (χ1) is 14.9. The van der Waals surface area contributed by atoms with Gasteiger partial charge in [-0.3, -0.25) is 9.78 Å². The van der Waals surface area contributed by atoms with Gasteiger partial charge in [-0.25, -0.2) is 20.3 Å². The Labute approximate surface area is 179 Å². The number of rotatable bonds is 4. The number of hydrogen-bond acceptors (Lipinski definition) is 5. The van der Waals surface area contributed by atoms with Crippen LogP contribution in [0.2, 0.25) is 0 Å². The van der Waals surface area contributed by atoms with Crippen molar-refractivity contribution in [1.29, 1.82) is 0 Å². The molecule has 5 rings (SSSR count). The standard InChI is InChI=1S/C22H14F2N4O2S/c1-25-22(4-5-22)12-7-14(15-11-28(2)21(29)19-13(15)3-6-31-19)20(27-8-12)30-18-16(23)9-26-10-17(18)24/h3,6-11H,4-5H2,2H3. The van der Waals surface area contributed by atoms with Crippen LogP contribution in [-0.2, 0) is 12.6 Å². The molecule has 6 nitrogen and oxygen atoms in total. The van der Waals surface area contributed by atoms with Gasteiger partial charge in [0.2, 0.25) is 11.6 Å². The topological polar surface area (TPSA) is 61.4 Å². The maximum atomic E-state index is 14.2. The van der Waals surface area contributed by atoms with Crippen LogP contribution in [0.3, 0.4) is 0 Å². The maximum Gasteiger partial charge on any atom is 0.268 e. The second-order valence-corrected chi connectivity index (χ2v) is 8.29. The fourth-order valence-electron chi connectivity index (χ4n) is 3.54. The molecule has 9 heteroatoms. The summed E-state index contributed by atoms with van der Waals surface area (Å²) in [6, 6.07) is 3.57. The minimum Gasteiger partial charge on any atom is -0.432 e. The fourth-order valence-corrected chi connectivity index (χ4v) is 4.43. The molecule has 1 fully saturated rings. The van der Waals surface area contributed by atoms with Crippen LogP contribution < -0.4 is 10.3 Å². The minimum atomic E-state index is -0.960. The first kappa shape index (κ1) is 19.3. The zero-order valence-corrected chi connectivity index (χ0v) is 17.0. The molecule has 0 atom stereocenters. The number of aromatic nitrogens is 3. The van der Waals surface area contributed by atoms with Gasteiger partial charge in [-0.15, -0.1) is 11.3 Å². The first-order valence-corrected chi connectivity index (χ1v) is 10.2. The van der Waals surface area contributed by atoms with Crippen molar-refractivity contribution in [2.45, 2.75) is 18.4 Å². The highest BCUT2D eigenvalue weighted by molar-refractivity contribution is 7.17. The number of aryl methyl sites for hydroxylation is 1. The molecule has 0 aliphatic heterocycles. The predicted molar refractivity (Wildman–Crippen MR) is 112 cm³/mol. The number of halogens is 2. The van der Waals surface area contributed by atoms with Gasteiger partial charge >= 0.3 is 0 Å².